The van der Waals surface area contributed by atoms with Gasteiger partial charge in [-0.3, -0.25) is 4.90 Å². The zero-order valence-corrected chi connectivity index (χ0v) is 10.8. The molecule has 0 spiro atoms. The van der Waals surface area contributed by atoms with E-state index >= 15 is 0 Å². The van der Waals surface area contributed by atoms with Gasteiger partial charge in [0, 0.05) is 32.4 Å². The lowest BCUT2D eigenvalue weighted by atomic mass is 10.1. The van der Waals surface area contributed by atoms with Crippen LogP contribution in [0.5, 0.6) is 0 Å². The van der Waals surface area contributed by atoms with Crippen LogP contribution in [0.2, 0.25) is 0 Å². The topological polar surface area (TPSA) is 28.2 Å². The van der Waals surface area contributed by atoms with Gasteiger partial charge in [0.2, 0.25) is 0 Å². The largest absolute Gasteiger partial charge is 0.314 e. The van der Waals surface area contributed by atoms with E-state index in [1.165, 1.54) is 5.56 Å². The molecule has 1 aromatic rings. The first-order valence-electron chi connectivity index (χ1n) is 5.50. The molecular formula is C12H16BrN3. The molecule has 0 aliphatic carbocycles. The van der Waals surface area contributed by atoms with Crippen molar-refractivity contribution in [3.63, 3.8) is 0 Å². The summed E-state index contributed by atoms with van der Waals surface area (Å²) in [5.41, 5.74) is 1.25. The number of hydrogen-bond donors (Lipinski definition) is 1. The molecular weight excluding hydrogens is 266 g/mol. The number of nitrogens with one attached hydrogen (secondary N) is 1. The Labute approximate surface area is 105 Å². The summed E-state index contributed by atoms with van der Waals surface area (Å²) >= 11 is 3.41. The predicted octanol–water partition coefficient (Wildman–Crippen LogP) is 1.98. The molecule has 1 fully saturated rings. The summed E-state index contributed by atoms with van der Waals surface area (Å²) in [5, 5.41) is 3.36. The number of halogens is 1. The maximum Gasteiger partial charge on any atom is 0.106 e. The molecule has 1 aliphatic rings. The van der Waals surface area contributed by atoms with E-state index in [0.29, 0.717) is 6.04 Å². The van der Waals surface area contributed by atoms with E-state index in [-0.39, 0.29) is 0 Å². The highest BCUT2D eigenvalue weighted by atomic mass is 79.9. The minimum Gasteiger partial charge on any atom is -0.314 e. The van der Waals surface area contributed by atoms with Crippen molar-refractivity contribution in [1.82, 2.24) is 15.2 Å². The van der Waals surface area contributed by atoms with Crippen molar-refractivity contribution in [2.45, 2.75) is 6.04 Å². The second-order valence-electron chi connectivity index (χ2n) is 3.88. The predicted molar refractivity (Wildman–Crippen MR) is 69.3 cm³/mol. The zero-order chi connectivity index (χ0) is 11.4. The summed E-state index contributed by atoms with van der Waals surface area (Å²) in [5.74, 6) is 0. The van der Waals surface area contributed by atoms with Crippen molar-refractivity contribution in [2.24, 2.45) is 0 Å². The number of piperazine rings is 1. The van der Waals surface area contributed by atoms with Crippen LogP contribution in [0.3, 0.4) is 0 Å². The molecule has 1 N–H and O–H groups in total. The first-order valence-corrected chi connectivity index (χ1v) is 6.29. The van der Waals surface area contributed by atoms with Gasteiger partial charge in [-0.25, -0.2) is 4.98 Å². The van der Waals surface area contributed by atoms with Crippen molar-refractivity contribution in [3.8, 4) is 0 Å². The standard InChI is InChI=1S/C12H16BrN3/c1-2-11(16-7-5-14-6-8-16)10-3-4-15-12(13)9-10/h2-4,9,11,14H,1,5-8H2/t11-/m1/s1. The van der Waals surface area contributed by atoms with Crippen molar-refractivity contribution >= 4 is 15.9 Å². The van der Waals surface area contributed by atoms with Gasteiger partial charge in [-0.15, -0.1) is 6.58 Å². The molecule has 16 heavy (non-hydrogen) atoms. The van der Waals surface area contributed by atoms with Gasteiger partial charge < -0.3 is 5.32 Å². The average Bonchev–Trinajstić information content (AvgIpc) is 2.31. The fourth-order valence-electron chi connectivity index (χ4n) is 2.06. The highest BCUT2D eigenvalue weighted by Crippen LogP contribution is 2.23. The summed E-state index contributed by atoms with van der Waals surface area (Å²) in [6.07, 6.45) is 3.84. The molecule has 1 aliphatic heterocycles. The smallest absolute Gasteiger partial charge is 0.106 e. The summed E-state index contributed by atoms with van der Waals surface area (Å²) in [7, 11) is 0. The van der Waals surface area contributed by atoms with Crippen LogP contribution in [-0.4, -0.2) is 36.1 Å². The maximum atomic E-state index is 4.15. The second kappa shape index (κ2) is 5.57. The molecule has 0 radical (unpaired) electrons. The highest BCUT2D eigenvalue weighted by Gasteiger charge is 2.19. The quantitative estimate of drug-likeness (QED) is 0.678. The Bertz CT molecular complexity index is 361. The first-order chi connectivity index (χ1) is 7.81. The van der Waals surface area contributed by atoms with Gasteiger partial charge >= 0.3 is 0 Å². The number of pyridine rings is 1. The van der Waals surface area contributed by atoms with Gasteiger partial charge in [0.1, 0.15) is 4.60 Å². The van der Waals surface area contributed by atoms with Crippen LogP contribution >= 0.6 is 15.9 Å². The molecule has 3 nitrogen and oxygen atoms in total. The molecule has 2 rings (SSSR count). The lowest BCUT2D eigenvalue weighted by molar-refractivity contribution is 0.203. The van der Waals surface area contributed by atoms with Gasteiger partial charge in [-0.1, -0.05) is 6.08 Å². The Morgan fingerprint density at radius 2 is 2.25 bits per heavy atom. The van der Waals surface area contributed by atoms with Gasteiger partial charge in [0.05, 0.1) is 6.04 Å². The van der Waals surface area contributed by atoms with Gasteiger partial charge in [-0.05, 0) is 33.6 Å². The summed E-state index contributed by atoms with van der Waals surface area (Å²) in [4.78, 5) is 6.59. The number of rotatable bonds is 3. The summed E-state index contributed by atoms with van der Waals surface area (Å²) in [6.45, 7) is 8.18. The molecule has 86 valence electrons. The monoisotopic (exact) mass is 281 g/mol. The maximum absolute atomic E-state index is 4.15. The third-order valence-corrected chi connectivity index (χ3v) is 3.29. The third-order valence-electron chi connectivity index (χ3n) is 2.86. The van der Waals surface area contributed by atoms with Gasteiger partial charge in [0.15, 0.2) is 0 Å². The summed E-state index contributed by atoms with van der Waals surface area (Å²) < 4.78 is 0.881. The van der Waals surface area contributed by atoms with Crippen LogP contribution in [0.25, 0.3) is 0 Å². The zero-order valence-electron chi connectivity index (χ0n) is 9.19. The Balaban J connectivity index is 2.17. The average molecular weight is 282 g/mol. The van der Waals surface area contributed by atoms with Crippen LogP contribution in [-0.2, 0) is 0 Å². The van der Waals surface area contributed by atoms with E-state index in [2.05, 4.69) is 49.8 Å². The Hall–Kier alpha value is -0.710. The Morgan fingerprint density at radius 1 is 1.50 bits per heavy atom. The van der Waals surface area contributed by atoms with Gasteiger partial charge in [-0.2, -0.15) is 0 Å². The lowest BCUT2D eigenvalue weighted by Crippen LogP contribution is -2.44. The van der Waals surface area contributed by atoms with Gasteiger partial charge in [0.25, 0.3) is 0 Å². The van der Waals surface area contributed by atoms with Crippen molar-refractivity contribution in [2.75, 3.05) is 26.2 Å². The van der Waals surface area contributed by atoms with E-state index in [9.17, 15) is 0 Å². The second-order valence-corrected chi connectivity index (χ2v) is 4.69. The summed E-state index contributed by atoms with van der Waals surface area (Å²) in [6, 6.07) is 4.41. The highest BCUT2D eigenvalue weighted by molar-refractivity contribution is 9.10. The van der Waals surface area contributed by atoms with E-state index in [1.54, 1.807) is 0 Å². The molecule has 4 heteroatoms. The molecule has 1 atom stereocenters. The SMILES string of the molecule is C=C[C@H](c1ccnc(Br)c1)N1CCNCC1. The van der Waals surface area contributed by atoms with Crippen LogP contribution in [0.1, 0.15) is 11.6 Å². The molecule has 1 aromatic heterocycles. The molecule has 0 bridgehead atoms. The molecule has 0 amide bonds. The fraction of sp³-hybridized carbons (Fsp3) is 0.417. The normalized spacial score (nSPS) is 19.3. The number of hydrogen-bond acceptors (Lipinski definition) is 3. The van der Waals surface area contributed by atoms with E-state index < -0.39 is 0 Å². The third kappa shape index (κ3) is 2.70. The minimum atomic E-state index is 0.293. The molecule has 0 unspecified atom stereocenters. The first kappa shape index (κ1) is 11.8. The minimum absolute atomic E-state index is 0.293. The van der Waals surface area contributed by atoms with Crippen molar-refractivity contribution in [3.05, 3.63) is 41.2 Å². The van der Waals surface area contributed by atoms with E-state index in [1.807, 2.05) is 12.3 Å². The van der Waals surface area contributed by atoms with Crippen molar-refractivity contribution < 1.29 is 0 Å². The number of aromatic nitrogens is 1. The lowest BCUT2D eigenvalue weighted by Gasteiger charge is -2.33. The fourth-order valence-corrected chi connectivity index (χ4v) is 2.44. The molecule has 0 saturated carbocycles. The Morgan fingerprint density at radius 3 is 2.88 bits per heavy atom. The van der Waals surface area contributed by atoms with Crippen molar-refractivity contribution in [1.29, 1.82) is 0 Å². The van der Waals surface area contributed by atoms with E-state index in [4.69, 9.17) is 0 Å². The molecule has 1 saturated heterocycles. The van der Waals surface area contributed by atoms with Crippen LogP contribution < -0.4 is 5.32 Å². The van der Waals surface area contributed by atoms with Crippen LogP contribution in [0.4, 0.5) is 0 Å². The molecule has 0 aromatic carbocycles. The van der Waals surface area contributed by atoms with E-state index in [0.717, 1.165) is 30.8 Å². The van der Waals surface area contributed by atoms with Crippen LogP contribution in [0.15, 0.2) is 35.6 Å². The molecule has 2 heterocycles. The number of nitrogens with zero attached hydrogens (tertiary/aromatic N) is 2. The Kier molecular flexibility index (Phi) is 4.09. The van der Waals surface area contributed by atoms with Crippen LogP contribution in [0, 0.1) is 0 Å².